The molecule has 1 aliphatic rings. The molecule has 1 aromatic heterocycles. The van der Waals surface area contributed by atoms with E-state index >= 15 is 0 Å². The number of anilines is 3. The molecule has 0 atom stereocenters. The van der Waals surface area contributed by atoms with E-state index in [0.29, 0.717) is 11.4 Å². The van der Waals surface area contributed by atoms with Crippen LogP contribution in [-0.4, -0.2) is 28.7 Å². The van der Waals surface area contributed by atoms with Crippen LogP contribution in [0.5, 0.6) is 0 Å². The molecule has 0 aliphatic carbocycles. The number of Topliss-reactive ketones (excluding diaryl/α,β-unsaturated/α-hetero) is 1. The SMILES string of the molecule is CC(=O)c1ncc2c(n1)N(Cl)c1ccccc1N(C)C2=O. The second-order valence-corrected chi connectivity index (χ2v) is 4.96. The van der Waals surface area contributed by atoms with Gasteiger partial charge in [-0.1, -0.05) is 12.1 Å². The Balaban J connectivity index is 2.28. The van der Waals surface area contributed by atoms with Crippen LogP contribution in [0, 0.1) is 0 Å². The van der Waals surface area contributed by atoms with Crippen LogP contribution in [0.15, 0.2) is 30.5 Å². The molecule has 21 heavy (non-hydrogen) atoms. The average Bonchev–Trinajstić information content (AvgIpc) is 2.58. The molecule has 1 aromatic carbocycles. The number of benzene rings is 1. The van der Waals surface area contributed by atoms with Crippen LogP contribution in [0.3, 0.4) is 0 Å². The summed E-state index contributed by atoms with van der Waals surface area (Å²) in [5, 5.41) is 0. The molecule has 106 valence electrons. The first kappa shape index (κ1) is 13.5. The van der Waals surface area contributed by atoms with Crippen molar-refractivity contribution in [3.8, 4) is 0 Å². The van der Waals surface area contributed by atoms with E-state index in [0.717, 1.165) is 0 Å². The number of ketones is 1. The van der Waals surface area contributed by atoms with E-state index in [2.05, 4.69) is 9.97 Å². The second-order valence-electron chi connectivity index (χ2n) is 4.62. The minimum absolute atomic E-state index is 0.0224. The first-order valence-corrected chi connectivity index (χ1v) is 6.55. The molecule has 0 fully saturated rings. The Labute approximate surface area is 126 Å². The number of rotatable bonds is 1. The Morgan fingerprint density at radius 3 is 2.57 bits per heavy atom. The molecular weight excluding hydrogens is 292 g/mol. The lowest BCUT2D eigenvalue weighted by molar-refractivity contribution is 0.0984. The molecule has 2 aromatic rings. The summed E-state index contributed by atoms with van der Waals surface area (Å²) in [7, 11) is 1.65. The number of nitrogens with zero attached hydrogens (tertiary/aromatic N) is 4. The van der Waals surface area contributed by atoms with Crippen molar-refractivity contribution in [2.24, 2.45) is 0 Å². The van der Waals surface area contributed by atoms with Gasteiger partial charge in [0.05, 0.1) is 11.4 Å². The lowest BCUT2D eigenvalue weighted by Crippen LogP contribution is -2.25. The molecule has 0 radical (unpaired) electrons. The van der Waals surface area contributed by atoms with Crippen LogP contribution in [0.2, 0.25) is 0 Å². The Hall–Kier alpha value is -2.47. The molecule has 2 heterocycles. The van der Waals surface area contributed by atoms with Crippen molar-refractivity contribution in [1.82, 2.24) is 9.97 Å². The first-order valence-electron chi connectivity index (χ1n) is 6.21. The number of hydrogen-bond acceptors (Lipinski definition) is 5. The number of para-hydroxylation sites is 2. The van der Waals surface area contributed by atoms with Crippen molar-refractivity contribution >= 4 is 40.7 Å². The molecule has 0 unspecified atom stereocenters. The van der Waals surface area contributed by atoms with Gasteiger partial charge in [-0.2, -0.15) is 0 Å². The Kier molecular flexibility index (Phi) is 3.10. The molecule has 0 N–H and O–H groups in total. The Bertz CT molecular complexity index is 762. The van der Waals surface area contributed by atoms with Gasteiger partial charge < -0.3 is 4.90 Å². The molecule has 1 aliphatic heterocycles. The van der Waals surface area contributed by atoms with E-state index in [1.165, 1.54) is 22.4 Å². The van der Waals surface area contributed by atoms with Crippen molar-refractivity contribution in [1.29, 1.82) is 0 Å². The second kappa shape index (κ2) is 4.82. The standard InChI is InChI=1S/C14H11ClN4O2/c1-8(20)12-16-7-9-13(17-12)19(15)11-6-4-3-5-10(11)18(2)14(9)21/h3-7H,1-2H3. The minimum atomic E-state index is -0.291. The van der Waals surface area contributed by atoms with Crippen molar-refractivity contribution in [3.05, 3.63) is 41.9 Å². The third-order valence-electron chi connectivity index (χ3n) is 3.26. The van der Waals surface area contributed by atoms with Gasteiger partial charge in [0.15, 0.2) is 17.4 Å². The zero-order chi connectivity index (χ0) is 15.1. The van der Waals surface area contributed by atoms with E-state index in [4.69, 9.17) is 11.8 Å². The lowest BCUT2D eigenvalue weighted by atomic mass is 10.2. The maximum Gasteiger partial charge on any atom is 0.263 e. The van der Waals surface area contributed by atoms with Crippen molar-refractivity contribution < 1.29 is 9.59 Å². The largest absolute Gasteiger partial charge is 0.309 e. The topological polar surface area (TPSA) is 66.4 Å². The number of carbonyl (C=O) groups is 2. The zero-order valence-corrected chi connectivity index (χ0v) is 12.1. The Morgan fingerprint density at radius 1 is 1.24 bits per heavy atom. The number of amides is 1. The summed E-state index contributed by atoms with van der Waals surface area (Å²) in [5.74, 6) is -0.343. The molecule has 0 saturated carbocycles. The predicted molar refractivity (Wildman–Crippen MR) is 79.2 cm³/mol. The van der Waals surface area contributed by atoms with Gasteiger partial charge in [-0.3, -0.25) is 9.59 Å². The van der Waals surface area contributed by atoms with Crippen molar-refractivity contribution in [3.63, 3.8) is 0 Å². The van der Waals surface area contributed by atoms with Crippen molar-refractivity contribution in [2.45, 2.75) is 6.92 Å². The highest BCUT2D eigenvalue weighted by molar-refractivity contribution is 6.32. The number of hydrogen-bond donors (Lipinski definition) is 0. The van der Waals surface area contributed by atoms with Crippen LogP contribution in [0.25, 0.3) is 0 Å². The third-order valence-corrected chi connectivity index (χ3v) is 3.60. The van der Waals surface area contributed by atoms with Crippen LogP contribution in [0.4, 0.5) is 17.2 Å². The van der Waals surface area contributed by atoms with Gasteiger partial charge in [0.1, 0.15) is 5.56 Å². The fourth-order valence-corrected chi connectivity index (χ4v) is 2.43. The third kappa shape index (κ3) is 2.04. The molecule has 0 spiro atoms. The van der Waals surface area contributed by atoms with Crippen LogP contribution < -0.4 is 9.32 Å². The monoisotopic (exact) mass is 302 g/mol. The van der Waals surface area contributed by atoms with Gasteiger partial charge in [0, 0.05) is 31.9 Å². The number of fused-ring (bicyclic) bond motifs is 2. The number of halogens is 1. The smallest absolute Gasteiger partial charge is 0.263 e. The normalized spacial score (nSPS) is 13.6. The molecular formula is C14H11ClN4O2. The molecule has 3 rings (SSSR count). The van der Waals surface area contributed by atoms with Gasteiger partial charge >= 0.3 is 0 Å². The van der Waals surface area contributed by atoms with Gasteiger partial charge in [0.25, 0.3) is 5.91 Å². The summed E-state index contributed by atoms with van der Waals surface area (Å²) in [6.45, 7) is 1.36. The fourth-order valence-electron chi connectivity index (χ4n) is 2.16. The van der Waals surface area contributed by atoms with E-state index in [9.17, 15) is 9.59 Å². The minimum Gasteiger partial charge on any atom is -0.309 e. The average molecular weight is 303 g/mol. The zero-order valence-electron chi connectivity index (χ0n) is 11.4. The summed E-state index contributed by atoms with van der Waals surface area (Å²) in [4.78, 5) is 33.5. The lowest BCUT2D eigenvalue weighted by Gasteiger charge is -2.18. The molecule has 1 amide bonds. The fraction of sp³-hybridized carbons (Fsp3) is 0.143. The maximum atomic E-state index is 12.5. The summed E-state index contributed by atoms with van der Waals surface area (Å²) in [6.07, 6.45) is 1.33. The highest BCUT2D eigenvalue weighted by Gasteiger charge is 2.30. The van der Waals surface area contributed by atoms with Gasteiger partial charge in [0.2, 0.25) is 0 Å². The van der Waals surface area contributed by atoms with Gasteiger partial charge in [-0.25, -0.2) is 14.4 Å². The predicted octanol–water partition coefficient (Wildman–Crippen LogP) is 2.56. The van der Waals surface area contributed by atoms with Crippen LogP contribution >= 0.6 is 11.8 Å². The molecule has 6 nitrogen and oxygen atoms in total. The van der Waals surface area contributed by atoms with Gasteiger partial charge in [-0.05, 0) is 12.1 Å². The van der Waals surface area contributed by atoms with Crippen LogP contribution in [0.1, 0.15) is 27.9 Å². The molecule has 0 saturated heterocycles. The van der Waals surface area contributed by atoms with E-state index < -0.39 is 0 Å². The highest BCUT2D eigenvalue weighted by atomic mass is 35.5. The summed E-state index contributed by atoms with van der Waals surface area (Å²) < 4.78 is 1.28. The maximum absolute atomic E-state index is 12.5. The quantitative estimate of drug-likeness (QED) is 0.598. The van der Waals surface area contributed by atoms with Gasteiger partial charge in [-0.15, -0.1) is 0 Å². The highest BCUT2D eigenvalue weighted by Crippen LogP contribution is 2.39. The van der Waals surface area contributed by atoms with E-state index in [-0.39, 0.29) is 28.9 Å². The number of carbonyl (C=O) groups excluding carboxylic acids is 2. The first-order chi connectivity index (χ1) is 10.0. The van der Waals surface area contributed by atoms with Crippen molar-refractivity contribution in [2.75, 3.05) is 16.4 Å². The summed E-state index contributed by atoms with van der Waals surface area (Å²) in [5.41, 5.74) is 1.51. The summed E-state index contributed by atoms with van der Waals surface area (Å²) in [6, 6.07) is 7.19. The van der Waals surface area contributed by atoms with E-state index in [1.54, 1.807) is 19.2 Å². The summed E-state index contributed by atoms with van der Waals surface area (Å²) >= 11 is 6.34. The molecule has 0 bridgehead atoms. The van der Waals surface area contributed by atoms with Crippen LogP contribution in [-0.2, 0) is 0 Å². The molecule has 7 heteroatoms. The van der Waals surface area contributed by atoms with E-state index in [1.807, 2.05) is 12.1 Å². The number of aromatic nitrogens is 2. The Morgan fingerprint density at radius 2 is 1.90 bits per heavy atom.